The summed E-state index contributed by atoms with van der Waals surface area (Å²) in [7, 11) is 0. The van der Waals surface area contributed by atoms with Gasteiger partial charge in [0, 0.05) is 13.1 Å². The zero-order valence-electron chi connectivity index (χ0n) is 10.1. The van der Waals surface area contributed by atoms with Crippen molar-refractivity contribution in [1.82, 2.24) is 4.90 Å². The number of rotatable bonds is 3. The van der Waals surface area contributed by atoms with Crippen molar-refractivity contribution in [1.29, 1.82) is 0 Å². The normalized spacial score (nSPS) is 25.4. The van der Waals surface area contributed by atoms with Gasteiger partial charge in [0.2, 0.25) is 0 Å². The van der Waals surface area contributed by atoms with Gasteiger partial charge < -0.3 is 14.6 Å². The molecule has 5 nitrogen and oxygen atoms in total. The molecule has 0 radical (unpaired) electrons. The van der Waals surface area contributed by atoms with Crippen LogP contribution in [0, 0.1) is 6.92 Å². The van der Waals surface area contributed by atoms with Gasteiger partial charge in [0.25, 0.3) is 0 Å². The number of aliphatic hydroxyl groups is 1. The van der Waals surface area contributed by atoms with Crippen LogP contribution in [-0.4, -0.2) is 39.8 Å². The average molecular weight is 239 g/mol. The molecule has 1 aromatic heterocycles. The molecule has 2 N–H and O–H groups in total. The summed E-state index contributed by atoms with van der Waals surface area (Å²) >= 11 is 0. The summed E-state index contributed by atoms with van der Waals surface area (Å²) < 4.78 is 5.40. The maximum absolute atomic E-state index is 10.9. The van der Waals surface area contributed by atoms with Crippen LogP contribution < -0.4 is 0 Å². The molecule has 1 aliphatic rings. The Morgan fingerprint density at radius 3 is 2.82 bits per heavy atom. The second kappa shape index (κ2) is 4.16. The van der Waals surface area contributed by atoms with E-state index in [0.717, 1.165) is 13.0 Å². The van der Waals surface area contributed by atoms with Crippen LogP contribution in [0.2, 0.25) is 0 Å². The number of carboxylic acids is 1. The maximum Gasteiger partial charge on any atom is 0.339 e. The third kappa shape index (κ3) is 2.68. The molecular formula is C12H17NO4. The van der Waals surface area contributed by atoms with Crippen LogP contribution in [0.4, 0.5) is 0 Å². The van der Waals surface area contributed by atoms with E-state index in [1.165, 1.54) is 0 Å². The molecule has 17 heavy (non-hydrogen) atoms. The zero-order valence-corrected chi connectivity index (χ0v) is 10.1. The fourth-order valence-electron chi connectivity index (χ4n) is 2.23. The Balaban J connectivity index is 2.05. The number of carbonyl (C=O) groups is 1. The fraction of sp³-hybridized carbons (Fsp3) is 0.583. The minimum atomic E-state index is -0.967. The van der Waals surface area contributed by atoms with Gasteiger partial charge in [-0.2, -0.15) is 0 Å². The molecule has 0 aliphatic carbocycles. The zero-order chi connectivity index (χ0) is 12.6. The van der Waals surface area contributed by atoms with E-state index < -0.39 is 11.6 Å². The van der Waals surface area contributed by atoms with Crippen LogP contribution in [0.5, 0.6) is 0 Å². The van der Waals surface area contributed by atoms with E-state index in [2.05, 4.69) is 4.90 Å². The molecule has 0 amide bonds. The fourth-order valence-corrected chi connectivity index (χ4v) is 2.23. The topological polar surface area (TPSA) is 73.9 Å². The molecule has 1 unspecified atom stereocenters. The second-order valence-corrected chi connectivity index (χ2v) is 4.95. The molecule has 1 aromatic rings. The first-order chi connectivity index (χ1) is 7.87. The molecule has 2 heterocycles. The highest BCUT2D eigenvalue weighted by Gasteiger charge is 2.31. The number of likely N-dealkylation sites (tertiary alicyclic amines) is 1. The van der Waals surface area contributed by atoms with Gasteiger partial charge in [-0.15, -0.1) is 0 Å². The lowest BCUT2D eigenvalue weighted by Crippen LogP contribution is -2.29. The first-order valence-corrected chi connectivity index (χ1v) is 5.65. The number of carboxylic acid groups (broad SMARTS) is 1. The molecule has 94 valence electrons. The van der Waals surface area contributed by atoms with Gasteiger partial charge in [0.05, 0.1) is 12.1 Å². The smallest absolute Gasteiger partial charge is 0.339 e. The largest absolute Gasteiger partial charge is 0.478 e. The summed E-state index contributed by atoms with van der Waals surface area (Å²) in [5.74, 6) is 0.0991. The van der Waals surface area contributed by atoms with E-state index in [1.54, 1.807) is 13.0 Å². The Bertz CT molecular complexity index is 436. The number of hydrogen-bond donors (Lipinski definition) is 2. The van der Waals surface area contributed by atoms with E-state index in [9.17, 15) is 9.90 Å². The highest BCUT2D eigenvalue weighted by molar-refractivity contribution is 5.88. The predicted octanol–water partition coefficient (Wildman–Crippen LogP) is 1.24. The van der Waals surface area contributed by atoms with Gasteiger partial charge in [0.1, 0.15) is 17.1 Å². The van der Waals surface area contributed by atoms with Crippen LogP contribution >= 0.6 is 0 Å². The molecule has 2 rings (SSSR count). The van der Waals surface area contributed by atoms with Crippen molar-refractivity contribution < 1.29 is 19.4 Å². The van der Waals surface area contributed by atoms with E-state index in [4.69, 9.17) is 9.52 Å². The lowest BCUT2D eigenvalue weighted by atomic mass is 10.1. The molecule has 1 atom stereocenters. The summed E-state index contributed by atoms with van der Waals surface area (Å²) in [6, 6.07) is 1.56. The molecule has 0 spiro atoms. The predicted molar refractivity (Wildman–Crippen MR) is 60.9 cm³/mol. The SMILES string of the molecule is Cc1oc(CN2CCC(C)(O)C2)cc1C(=O)O. The molecule has 1 fully saturated rings. The molecule has 0 aromatic carbocycles. The van der Waals surface area contributed by atoms with Crippen LogP contribution in [0.15, 0.2) is 10.5 Å². The van der Waals surface area contributed by atoms with Crippen molar-refractivity contribution in [2.45, 2.75) is 32.4 Å². The number of hydrogen-bond acceptors (Lipinski definition) is 4. The Morgan fingerprint density at radius 2 is 2.35 bits per heavy atom. The Kier molecular flexibility index (Phi) is 2.97. The van der Waals surface area contributed by atoms with E-state index >= 15 is 0 Å². The molecular weight excluding hydrogens is 222 g/mol. The van der Waals surface area contributed by atoms with Crippen molar-refractivity contribution in [2.75, 3.05) is 13.1 Å². The number of β-amino-alcohol motifs (C(OH)–C–C–N with tert-alkyl or cyclic N) is 1. The molecule has 5 heteroatoms. The monoisotopic (exact) mass is 239 g/mol. The second-order valence-electron chi connectivity index (χ2n) is 4.95. The molecule has 0 bridgehead atoms. The first kappa shape index (κ1) is 12.1. The number of furan rings is 1. The molecule has 0 saturated carbocycles. The van der Waals surface area contributed by atoms with Gasteiger partial charge in [-0.1, -0.05) is 0 Å². The van der Waals surface area contributed by atoms with Crippen molar-refractivity contribution in [3.05, 3.63) is 23.2 Å². The van der Waals surface area contributed by atoms with Crippen LogP contribution in [0.1, 0.15) is 35.2 Å². The summed E-state index contributed by atoms with van der Waals surface area (Å²) in [6.45, 7) is 5.39. The van der Waals surface area contributed by atoms with Crippen molar-refractivity contribution >= 4 is 5.97 Å². The van der Waals surface area contributed by atoms with Gasteiger partial charge in [-0.25, -0.2) is 4.79 Å². The minimum absolute atomic E-state index is 0.214. The van der Waals surface area contributed by atoms with Crippen molar-refractivity contribution in [2.24, 2.45) is 0 Å². The lowest BCUT2D eigenvalue weighted by molar-refractivity contribution is 0.0668. The van der Waals surface area contributed by atoms with Gasteiger partial charge in [-0.3, -0.25) is 4.90 Å². The lowest BCUT2D eigenvalue weighted by Gasteiger charge is -2.17. The number of aromatic carboxylic acids is 1. The summed E-state index contributed by atoms with van der Waals surface area (Å²) in [4.78, 5) is 12.9. The van der Waals surface area contributed by atoms with Crippen molar-refractivity contribution in [3.63, 3.8) is 0 Å². The highest BCUT2D eigenvalue weighted by atomic mass is 16.4. The number of nitrogens with zero attached hydrogens (tertiary/aromatic N) is 1. The highest BCUT2D eigenvalue weighted by Crippen LogP contribution is 2.23. The Hall–Kier alpha value is -1.33. The molecule has 1 aliphatic heterocycles. The van der Waals surface area contributed by atoms with Gasteiger partial charge in [0.15, 0.2) is 0 Å². The van der Waals surface area contributed by atoms with E-state index in [1.807, 2.05) is 6.92 Å². The van der Waals surface area contributed by atoms with Crippen LogP contribution in [0.3, 0.4) is 0 Å². The standard InChI is InChI=1S/C12H17NO4/c1-8-10(11(14)15)5-9(17-8)6-13-4-3-12(2,16)7-13/h5,16H,3-4,6-7H2,1-2H3,(H,14,15). The maximum atomic E-state index is 10.9. The van der Waals surface area contributed by atoms with Crippen LogP contribution in [-0.2, 0) is 6.54 Å². The average Bonchev–Trinajstić information content (AvgIpc) is 2.70. The summed E-state index contributed by atoms with van der Waals surface area (Å²) in [6.07, 6.45) is 0.735. The quantitative estimate of drug-likeness (QED) is 0.830. The van der Waals surface area contributed by atoms with Gasteiger partial charge in [-0.05, 0) is 26.3 Å². The van der Waals surface area contributed by atoms with Gasteiger partial charge >= 0.3 is 5.97 Å². The Labute approximate surface area is 99.6 Å². The summed E-state index contributed by atoms with van der Waals surface area (Å²) in [5, 5.41) is 18.7. The van der Waals surface area contributed by atoms with Crippen LogP contribution in [0.25, 0.3) is 0 Å². The number of aryl methyl sites for hydroxylation is 1. The third-order valence-electron chi connectivity index (χ3n) is 3.11. The van der Waals surface area contributed by atoms with Crippen molar-refractivity contribution in [3.8, 4) is 0 Å². The Morgan fingerprint density at radius 1 is 1.65 bits per heavy atom. The van der Waals surface area contributed by atoms with E-state index in [0.29, 0.717) is 24.6 Å². The molecule has 1 saturated heterocycles. The first-order valence-electron chi connectivity index (χ1n) is 5.65. The van der Waals surface area contributed by atoms with E-state index in [-0.39, 0.29) is 5.56 Å². The minimum Gasteiger partial charge on any atom is -0.478 e. The third-order valence-corrected chi connectivity index (χ3v) is 3.11. The summed E-state index contributed by atoms with van der Waals surface area (Å²) in [5.41, 5.74) is -0.428.